The number of rotatable bonds is 6. The number of nitrogens with one attached hydrogen (secondary N) is 1. The SMILES string of the molecule is COCCN1C(=O)CCC2(C(=O)NCc3ccc(C)o3)CCCC=C12. The predicted octanol–water partition coefficient (Wildman–Crippen LogP) is 2.53. The zero-order valence-corrected chi connectivity index (χ0v) is 15.0. The lowest BCUT2D eigenvalue weighted by Crippen LogP contribution is -2.53. The van der Waals surface area contributed by atoms with Gasteiger partial charge in [-0.15, -0.1) is 0 Å². The van der Waals surface area contributed by atoms with Gasteiger partial charge in [0.2, 0.25) is 11.8 Å². The molecule has 1 aromatic rings. The van der Waals surface area contributed by atoms with E-state index in [2.05, 4.69) is 11.4 Å². The first-order chi connectivity index (χ1) is 12.1. The summed E-state index contributed by atoms with van der Waals surface area (Å²) in [7, 11) is 1.62. The molecule has 136 valence electrons. The zero-order valence-electron chi connectivity index (χ0n) is 15.0. The van der Waals surface area contributed by atoms with Crippen LogP contribution in [-0.2, 0) is 20.9 Å². The number of furan rings is 1. The third-order valence-corrected chi connectivity index (χ3v) is 5.17. The molecule has 1 fully saturated rings. The molecule has 25 heavy (non-hydrogen) atoms. The summed E-state index contributed by atoms with van der Waals surface area (Å²) in [6, 6.07) is 3.76. The van der Waals surface area contributed by atoms with E-state index < -0.39 is 5.41 Å². The Kier molecular flexibility index (Phi) is 5.27. The number of likely N-dealkylation sites (tertiary alicyclic amines) is 1. The van der Waals surface area contributed by atoms with Crippen molar-refractivity contribution in [3.63, 3.8) is 0 Å². The molecule has 1 aliphatic carbocycles. The predicted molar refractivity (Wildman–Crippen MR) is 92.5 cm³/mol. The molecule has 1 unspecified atom stereocenters. The number of fused-ring (bicyclic) bond motifs is 1. The number of nitrogens with zero attached hydrogens (tertiary/aromatic N) is 1. The van der Waals surface area contributed by atoms with Crippen LogP contribution in [0.15, 0.2) is 28.3 Å². The first-order valence-electron chi connectivity index (χ1n) is 8.90. The number of carbonyl (C=O) groups excluding carboxylic acids is 2. The monoisotopic (exact) mass is 346 g/mol. The molecule has 0 saturated carbocycles. The van der Waals surface area contributed by atoms with Gasteiger partial charge in [0, 0.05) is 25.8 Å². The molecule has 1 aromatic heterocycles. The van der Waals surface area contributed by atoms with Crippen LogP contribution in [0.3, 0.4) is 0 Å². The Labute approximate surface area is 148 Å². The summed E-state index contributed by atoms with van der Waals surface area (Å²) >= 11 is 0. The molecule has 2 amide bonds. The molecule has 6 heteroatoms. The van der Waals surface area contributed by atoms with Gasteiger partial charge in [-0.1, -0.05) is 6.08 Å². The van der Waals surface area contributed by atoms with Crippen LogP contribution < -0.4 is 5.32 Å². The van der Waals surface area contributed by atoms with Crippen molar-refractivity contribution in [3.05, 3.63) is 35.4 Å². The molecule has 1 aliphatic heterocycles. The number of hydrogen-bond acceptors (Lipinski definition) is 4. The smallest absolute Gasteiger partial charge is 0.232 e. The number of carbonyl (C=O) groups is 2. The van der Waals surface area contributed by atoms with Gasteiger partial charge in [-0.25, -0.2) is 0 Å². The second-order valence-corrected chi connectivity index (χ2v) is 6.80. The molecular weight excluding hydrogens is 320 g/mol. The van der Waals surface area contributed by atoms with Crippen molar-refractivity contribution in [2.75, 3.05) is 20.3 Å². The molecule has 0 bridgehead atoms. The Balaban J connectivity index is 1.78. The lowest BCUT2D eigenvalue weighted by Gasteiger charge is -2.45. The second-order valence-electron chi connectivity index (χ2n) is 6.80. The van der Waals surface area contributed by atoms with E-state index in [4.69, 9.17) is 9.15 Å². The van der Waals surface area contributed by atoms with Gasteiger partial charge in [-0.05, 0) is 44.7 Å². The van der Waals surface area contributed by atoms with Gasteiger partial charge in [-0.2, -0.15) is 0 Å². The fraction of sp³-hybridized carbons (Fsp3) is 0.579. The Morgan fingerprint density at radius 3 is 2.96 bits per heavy atom. The van der Waals surface area contributed by atoms with E-state index in [1.807, 2.05) is 19.1 Å². The molecular formula is C19H26N2O4. The van der Waals surface area contributed by atoms with Crippen LogP contribution in [0.5, 0.6) is 0 Å². The second kappa shape index (κ2) is 7.44. The minimum atomic E-state index is -0.610. The highest BCUT2D eigenvalue weighted by Crippen LogP contribution is 2.46. The Bertz CT molecular complexity index is 679. The third kappa shape index (κ3) is 3.49. The van der Waals surface area contributed by atoms with E-state index in [-0.39, 0.29) is 11.8 Å². The van der Waals surface area contributed by atoms with Crippen LogP contribution in [0.25, 0.3) is 0 Å². The first kappa shape index (κ1) is 17.7. The molecule has 2 heterocycles. The summed E-state index contributed by atoms with van der Waals surface area (Å²) in [5.41, 5.74) is 0.252. The van der Waals surface area contributed by atoms with Crippen molar-refractivity contribution < 1.29 is 18.7 Å². The Morgan fingerprint density at radius 1 is 1.40 bits per heavy atom. The quantitative estimate of drug-likeness (QED) is 0.859. The number of hydrogen-bond donors (Lipinski definition) is 1. The molecule has 0 aromatic carbocycles. The minimum Gasteiger partial charge on any atom is -0.465 e. The maximum atomic E-state index is 13.1. The number of methoxy groups -OCH3 is 1. The molecule has 1 atom stereocenters. The van der Waals surface area contributed by atoms with Gasteiger partial charge in [0.15, 0.2) is 0 Å². The summed E-state index contributed by atoms with van der Waals surface area (Å²) in [5, 5.41) is 3.02. The van der Waals surface area contributed by atoms with Crippen LogP contribution in [0.1, 0.15) is 43.6 Å². The van der Waals surface area contributed by atoms with Gasteiger partial charge >= 0.3 is 0 Å². The molecule has 0 radical (unpaired) electrons. The van der Waals surface area contributed by atoms with Gasteiger partial charge < -0.3 is 19.4 Å². The average Bonchev–Trinajstić information content (AvgIpc) is 3.04. The van der Waals surface area contributed by atoms with Gasteiger partial charge in [-0.3, -0.25) is 9.59 Å². The maximum Gasteiger partial charge on any atom is 0.232 e. The van der Waals surface area contributed by atoms with Crippen LogP contribution in [-0.4, -0.2) is 37.0 Å². The number of amides is 2. The van der Waals surface area contributed by atoms with Crippen LogP contribution in [0, 0.1) is 12.3 Å². The maximum absolute atomic E-state index is 13.1. The zero-order chi connectivity index (χ0) is 17.9. The molecule has 0 spiro atoms. The first-order valence-corrected chi connectivity index (χ1v) is 8.90. The van der Waals surface area contributed by atoms with Gasteiger partial charge in [0.1, 0.15) is 11.5 Å². The minimum absolute atomic E-state index is 0.0116. The van der Waals surface area contributed by atoms with Gasteiger partial charge in [0.05, 0.1) is 18.6 Å². The standard InChI is InChI=1S/C19H26N2O4/c1-14-6-7-15(25-14)13-20-18(23)19-9-4-3-5-16(19)21(11-12-24-2)17(22)8-10-19/h5-7H,3-4,8-13H2,1-2H3,(H,20,23). The molecule has 2 aliphatic rings. The van der Waals surface area contributed by atoms with Crippen LogP contribution in [0.2, 0.25) is 0 Å². The fourth-order valence-corrected chi connectivity index (χ4v) is 3.87. The number of allylic oxidation sites excluding steroid dienone is 1. The molecule has 6 nitrogen and oxygen atoms in total. The van der Waals surface area contributed by atoms with Crippen molar-refractivity contribution in [2.45, 2.75) is 45.6 Å². The lowest BCUT2D eigenvalue weighted by atomic mass is 9.69. The fourth-order valence-electron chi connectivity index (χ4n) is 3.87. The van der Waals surface area contributed by atoms with E-state index >= 15 is 0 Å². The molecule has 1 saturated heterocycles. The van der Waals surface area contributed by atoms with E-state index in [0.29, 0.717) is 32.5 Å². The van der Waals surface area contributed by atoms with Crippen molar-refractivity contribution in [1.82, 2.24) is 10.2 Å². The van der Waals surface area contributed by atoms with E-state index in [1.165, 1.54) is 0 Å². The normalized spacial score (nSPS) is 23.2. The average molecular weight is 346 g/mol. The molecule has 1 N–H and O–H groups in total. The van der Waals surface area contributed by atoms with Crippen molar-refractivity contribution in [3.8, 4) is 0 Å². The number of ether oxygens (including phenoxy) is 1. The number of aryl methyl sites for hydroxylation is 1. The number of piperidine rings is 1. The van der Waals surface area contributed by atoms with E-state index in [9.17, 15) is 9.59 Å². The third-order valence-electron chi connectivity index (χ3n) is 5.17. The van der Waals surface area contributed by atoms with E-state index in [0.717, 1.165) is 36.5 Å². The van der Waals surface area contributed by atoms with Crippen LogP contribution >= 0.6 is 0 Å². The van der Waals surface area contributed by atoms with Crippen LogP contribution in [0.4, 0.5) is 0 Å². The Hall–Kier alpha value is -2.08. The summed E-state index contributed by atoms with van der Waals surface area (Å²) < 4.78 is 10.7. The van der Waals surface area contributed by atoms with E-state index in [1.54, 1.807) is 12.0 Å². The highest BCUT2D eigenvalue weighted by molar-refractivity contribution is 5.91. The lowest BCUT2D eigenvalue weighted by molar-refractivity contribution is -0.141. The highest BCUT2D eigenvalue weighted by Gasteiger charge is 2.49. The molecule has 3 rings (SSSR count). The van der Waals surface area contributed by atoms with Crippen molar-refractivity contribution in [1.29, 1.82) is 0 Å². The summed E-state index contributed by atoms with van der Waals surface area (Å²) in [6.45, 7) is 3.21. The highest BCUT2D eigenvalue weighted by atomic mass is 16.5. The van der Waals surface area contributed by atoms with Crippen molar-refractivity contribution >= 4 is 11.8 Å². The van der Waals surface area contributed by atoms with Crippen molar-refractivity contribution in [2.24, 2.45) is 5.41 Å². The largest absolute Gasteiger partial charge is 0.465 e. The summed E-state index contributed by atoms with van der Waals surface area (Å²) in [4.78, 5) is 27.2. The summed E-state index contributed by atoms with van der Waals surface area (Å²) in [6.07, 6.45) is 5.67. The summed E-state index contributed by atoms with van der Waals surface area (Å²) in [5.74, 6) is 1.64. The topological polar surface area (TPSA) is 71.8 Å². The van der Waals surface area contributed by atoms with Gasteiger partial charge in [0.25, 0.3) is 0 Å². The Morgan fingerprint density at radius 2 is 2.24 bits per heavy atom.